The highest BCUT2D eigenvalue weighted by Crippen LogP contribution is 2.55. The monoisotopic (exact) mass is 1170 g/mol. The van der Waals surface area contributed by atoms with E-state index < -0.39 is 36.7 Å². The maximum Gasteiger partial charge on any atom is 0.319 e. The van der Waals surface area contributed by atoms with E-state index in [0.29, 0.717) is 62.5 Å². The first-order valence-corrected chi connectivity index (χ1v) is 29.2. The first kappa shape index (κ1) is 54.3. The molecular formula is C60H61Cl3N12O7. The highest BCUT2D eigenvalue weighted by molar-refractivity contribution is 6.45. The summed E-state index contributed by atoms with van der Waals surface area (Å²) in [5.41, 5.74) is 8.31. The Morgan fingerprint density at radius 3 is 2.44 bits per heavy atom. The smallest absolute Gasteiger partial charge is 0.319 e. The Bertz CT molecular complexity index is 3700. The van der Waals surface area contributed by atoms with E-state index in [1.54, 1.807) is 42.9 Å². The molecule has 13 rings (SSSR count). The molecule has 5 fully saturated rings. The van der Waals surface area contributed by atoms with Gasteiger partial charge in [-0.2, -0.15) is 15.1 Å². The van der Waals surface area contributed by atoms with E-state index in [1.165, 1.54) is 9.58 Å². The number of piperazine rings is 1. The highest BCUT2D eigenvalue weighted by atomic mass is 35.5. The minimum Gasteiger partial charge on any atom is -0.486 e. The number of hydrogen-bond donors (Lipinski definition) is 5. The van der Waals surface area contributed by atoms with Gasteiger partial charge >= 0.3 is 6.01 Å². The number of anilines is 1. The van der Waals surface area contributed by atoms with Gasteiger partial charge in [-0.1, -0.05) is 102 Å². The zero-order valence-electron chi connectivity index (χ0n) is 45.1. The summed E-state index contributed by atoms with van der Waals surface area (Å²) in [6.07, 6.45) is 8.57. The number of pyridine rings is 1. The molecule has 1 aliphatic carbocycles. The molecule has 5 N–H and O–H groups in total. The lowest BCUT2D eigenvalue weighted by Gasteiger charge is -2.31. The number of hydrogen-bond acceptors (Lipinski definition) is 15. The molecule has 424 valence electrons. The molecule has 0 unspecified atom stereocenters. The third-order valence-corrected chi connectivity index (χ3v) is 17.8. The second-order valence-corrected chi connectivity index (χ2v) is 23.6. The number of carbonyl (C=O) groups is 2. The normalized spacial score (nSPS) is 20.8. The van der Waals surface area contributed by atoms with Crippen molar-refractivity contribution in [3.8, 4) is 45.3 Å². The van der Waals surface area contributed by atoms with E-state index in [1.807, 2.05) is 56.3 Å². The number of carbonyl (C=O) groups excluding carboxylic acids is 2. The lowest BCUT2D eigenvalue weighted by molar-refractivity contribution is -0.142. The molecule has 4 saturated heterocycles. The van der Waals surface area contributed by atoms with Gasteiger partial charge in [0.15, 0.2) is 5.75 Å². The number of H-pyrrole nitrogens is 1. The van der Waals surface area contributed by atoms with Crippen molar-refractivity contribution in [2.24, 2.45) is 5.92 Å². The maximum atomic E-state index is 14.6. The van der Waals surface area contributed by atoms with Gasteiger partial charge in [0.05, 0.1) is 59.9 Å². The summed E-state index contributed by atoms with van der Waals surface area (Å²) in [4.78, 5) is 47.1. The van der Waals surface area contributed by atoms with E-state index in [9.17, 15) is 19.8 Å². The zero-order valence-corrected chi connectivity index (χ0v) is 47.4. The van der Waals surface area contributed by atoms with Crippen molar-refractivity contribution in [1.29, 1.82) is 0 Å². The van der Waals surface area contributed by atoms with Crippen molar-refractivity contribution in [3.63, 3.8) is 0 Å². The fraction of sp³-hybridized carbons (Fsp3) is 0.400. The van der Waals surface area contributed by atoms with Crippen LogP contribution in [-0.2, 0) is 20.9 Å². The number of likely N-dealkylation sites (tertiary alicyclic amines) is 1. The number of ether oxygens (including phenoxy) is 3. The lowest BCUT2D eigenvalue weighted by atomic mass is 9.91. The van der Waals surface area contributed by atoms with Gasteiger partial charge in [-0.3, -0.25) is 14.7 Å². The molecule has 19 nitrogen and oxygen atoms in total. The minimum atomic E-state index is -0.997. The number of benzene rings is 4. The van der Waals surface area contributed by atoms with Crippen LogP contribution in [-0.4, -0.2) is 137 Å². The topological polar surface area (TPSA) is 231 Å². The van der Waals surface area contributed by atoms with Crippen LogP contribution in [0.5, 0.6) is 11.8 Å². The number of aliphatic hydroxyl groups is 2. The van der Waals surface area contributed by atoms with E-state index >= 15 is 0 Å². The summed E-state index contributed by atoms with van der Waals surface area (Å²) in [6.45, 7) is 6.39. The number of amides is 2. The van der Waals surface area contributed by atoms with Crippen molar-refractivity contribution in [2.45, 2.75) is 107 Å². The van der Waals surface area contributed by atoms with E-state index in [4.69, 9.17) is 59.0 Å². The molecule has 22 heteroatoms. The van der Waals surface area contributed by atoms with Crippen LogP contribution in [0, 0.1) is 5.92 Å². The number of β-amino-alcohol motifs (C(OH)–C–C–N with tert-alkyl or cyclic N) is 1. The molecule has 2 amide bonds. The third-order valence-electron chi connectivity index (χ3n) is 16.7. The second kappa shape index (κ2) is 22.6. The van der Waals surface area contributed by atoms with Gasteiger partial charge in [-0.15, -0.1) is 5.10 Å². The second-order valence-electron chi connectivity index (χ2n) is 22.5. The highest BCUT2D eigenvalue weighted by Gasteiger charge is 2.44. The van der Waals surface area contributed by atoms with Gasteiger partial charge < -0.3 is 44.9 Å². The average molecular weight is 1170 g/mol. The number of aliphatic hydroxyl groups excluding tert-OH is 2. The van der Waals surface area contributed by atoms with Crippen molar-refractivity contribution in [3.05, 3.63) is 123 Å². The van der Waals surface area contributed by atoms with E-state index in [0.717, 1.165) is 101 Å². The summed E-state index contributed by atoms with van der Waals surface area (Å²) in [7, 11) is 0. The third kappa shape index (κ3) is 10.5. The van der Waals surface area contributed by atoms with Crippen molar-refractivity contribution < 1.29 is 34.0 Å². The predicted octanol–water partition coefficient (Wildman–Crippen LogP) is 9.03. The minimum absolute atomic E-state index is 0.0297. The molecule has 5 aliphatic rings. The maximum absolute atomic E-state index is 14.6. The number of halogens is 3. The van der Waals surface area contributed by atoms with Gasteiger partial charge in [0, 0.05) is 90.2 Å². The number of nitrogens with zero attached hydrogens (tertiary/aromatic N) is 9. The number of fused-ring (bicyclic) bond motifs is 4. The summed E-state index contributed by atoms with van der Waals surface area (Å²) in [5.74, 6) is 0.448. The van der Waals surface area contributed by atoms with Crippen LogP contribution in [0.25, 0.3) is 55.3 Å². The number of rotatable bonds is 17. The Labute approximate surface area is 487 Å². The van der Waals surface area contributed by atoms with Crippen LogP contribution in [0.1, 0.15) is 87.1 Å². The van der Waals surface area contributed by atoms with Gasteiger partial charge in [-0.25, -0.2) is 9.67 Å². The quantitative estimate of drug-likeness (QED) is 0.0536. The van der Waals surface area contributed by atoms with Crippen molar-refractivity contribution in [1.82, 2.24) is 55.7 Å². The van der Waals surface area contributed by atoms with Crippen LogP contribution in [0.2, 0.25) is 15.2 Å². The van der Waals surface area contributed by atoms with Crippen LogP contribution in [0.4, 0.5) is 5.82 Å². The Kier molecular flexibility index (Phi) is 15.0. The zero-order chi connectivity index (χ0) is 56.3. The summed E-state index contributed by atoms with van der Waals surface area (Å²) < 4.78 is 21.0. The molecule has 8 aromatic rings. The standard InChI is InChI=1S/C60H61Cl3N12O7/c1-31(2)54(59(79)74-27-39(77)21-49(74)58(78)67-48(29-76)36-13-11-33(12-14-36)41-4-3-17-64-56(41)63)75-28-47(71-72-75)35-7-5-32(6-8-35)30-81-55-51(50-44-25-66-70-46(44)23-45(61)52(50)62)42(34-9-10-34)22-43-53(55)68-60(82-40-15-18-80-19-16-40)69-57(43)73-26-37-20-38(73)24-65-37/h3-8,11-14,17,22-23,25,28,31,34,37-40,48-49,54,65,76-77H,9-10,15-16,18-21,24,26-27,29-30H2,1-2H3,(H,66,70)(H,67,78)/t37-,38-,39+,48-,49-,54-/m0/s1. The van der Waals surface area contributed by atoms with Crippen molar-refractivity contribution in [2.75, 3.05) is 44.4 Å². The molecule has 4 aromatic carbocycles. The molecule has 2 bridgehead atoms. The van der Waals surface area contributed by atoms with Crippen molar-refractivity contribution >= 4 is 74.2 Å². The van der Waals surface area contributed by atoms with Gasteiger partial charge in [-0.05, 0) is 77.6 Å². The molecule has 82 heavy (non-hydrogen) atoms. The predicted molar refractivity (Wildman–Crippen MR) is 311 cm³/mol. The largest absolute Gasteiger partial charge is 0.486 e. The Balaban J connectivity index is 0.781. The van der Waals surface area contributed by atoms with Crippen LogP contribution in [0.3, 0.4) is 0 Å². The average Bonchev–Trinajstić information content (AvgIpc) is 3.41. The van der Waals surface area contributed by atoms with Crippen LogP contribution >= 0.6 is 34.8 Å². The van der Waals surface area contributed by atoms with Gasteiger partial charge in [0.2, 0.25) is 11.8 Å². The fourth-order valence-corrected chi connectivity index (χ4v) is 13.0. The Morgan fingerprint density at radius 1 is 0.927 bits per heavy atom. The molecule has 0 spiro atoms. The van der Waals surface area contributed by atoms with Gasteiger partial charge in [0.25, 0.3) is 0 Å². The fourth-order valence-electron chi connectivity index (χ4n) is 12.3. The molecule has 8 heterocycles. The molecular weight excluding hydrogens is 1110 g/mol. The molecule has 4 aromatic heterocycles. The van der Waals surface area contributed by atoms with Crippen LogP contribution in [0.15, 0.2) is 91.4 Å². The number of aromatic nitrogens is 8. The number of nitrogens with one attached hydrogen (secondary N) is 3. The molecule has 0 radical (unpaired) electrons. The number of aromatic amines is 1. The summed E-state index contributed by atoms with van der Waals surface area (Å²) in [6, 6.07) is 21.1. The SMILES string of the molecule is CC(C)[C@@H](C(=O)N1C[C@H](O)C[C@H]1C(=O)N[C@@H](CO)c1ccc(-c2cccnc2Cl)cc1)n1cc(-c2ccc(COc3c(-c4c(Cl)c(Cl)cc5[nH]ncc45)c(C4CC4)cc4c(N5C[C@@H]6C[C@H]5CN6)nc(OC5CCOCC5)nc34)cc2)nn1. The molecule has 4 aliphatic heterocycles. The lowest BCUT2D eigenvalue weighted by Crippen LogP contribution is -2.50. The Hall–Kier alpha value is -6.97. The van der Waals surface area contributed by atoms with E-state index in [2.05, 4.69) is 47.1 Å². The molecule has 6 atom stereocenters. The van der Waals surface area contributed by atoms with Gasteiger partial charge in [0.1, 0.15) is 47.0 Å². The van der Waals surface area contributed by atoms with Crippen LogP contribution < -0.4 is 25.0 Å². The molecule has 1 saturated carbocycles. The first-order valence-electron chi connectivity index (χ1n) is 28.1. The Morgan fingerprint density at radius 2 is 1.72 bits per heavy atom. The first-order chi connectivity index (χ1) is 39.9. The van der Waals surface area contributed by atoms with E-state index in [-0.39, 0.29) is 55.5 Å². The summed E-state index contributed by atoms with van der Waals surface area (Å²) in [5, 5.41) is 47.3. The summed E-state index contributed by atoms with van der Waals surface area (Å²) >= 11 is 20.6.